The van der Waals surface area contributed by atoms with Crippen LogP contribution in [0.3, 0.4) is 0 Å². The molecular weight excluding hydrogens is 248 g/mol. The molecule has 0 amide bonds. The van der Waals surface area contributed by atoms with Crippen LogP contribution in [0.4, 0.5) is 11.5 Å². The summed E-state index contributed by atoms with van der Waals surface area (Å²) in [4.78, 5) is 27.6. The minimum absolute atomic E-state index is 0.161. The zero-order chi connectivity index (χ0) is 14.2. The Hall–Kier alpha value is -1.76. The summed E-state index contributed by atoms with van der Waals surface area (Å²) in [5.74, 6) is 0.161. The lowest BCUT2D eigenvalue weighted by molar-refractivity contribution is 0.0449. The van der Waals surface area contributed by atoms with Crippen LogP contribution in [0.25, 0.3) is 0 Å². The molecule has 2 heterocycles. The molecule has 1 unspecified atom stereocenters. The molecule has 1 fully saturated rings. The van der Waals surface area contributed by atoms with Crippen LogP contribution in [0.15, 0.2) is 9.59 Å². The van der Waals surface area contributed by atoms with Crippen molar-refractivity contribution in [3.8, 4) is 0 Å². The number of H-pyrrole nitrogens is 1. The molecule has 1 aliphatic rings. The molecule has 0 radical (unpaired) electrons. The van der Waals surface area contributed by atoms with Crippen LogP contribution in [0.1, 0.15) is 26.7 Å². The van der Waals surface area contributed by atoms with Crippen LogP contribution < -0.4 is 21.9 Å². The fourth-order valence-corrected chi connectivity index (χ4v) is 2.61. The highest BCUT2D eigenvalue weighted by atomic mass is 16.3. The van der Waals surface area contributed by atoms with Gasteiger partial charge >= 0.3 is 5.69 Å². The smallest absolute Gasteiger partial charge is 0.330 e. The fraction of sp³-hybridized carbons (Fsp3) is 0.667. The first-order valence-corrected chi connectivity index (χ1v) is 6.45. The molecule has 0 bridgehead atoms. The van der Waals surface area contributed by atoms with Crippen molar-refractivity contribution < 1.29 is 5.11 Å². The van der Waals surface area contributed by atoms with Crippen molar-refractivity contribution in [2.45, 2.75) is 38.8 Å². The number of nitrogens with zero attached hydrogens (tertiary/aromatic N) is 2. The molecule has 1 atom stereocenters. The van der Waals surface area contributed by atoms with Gasteiger partial charge in [-0.25, -0.2) is 4.79 Å². The minimum Gasteiger partial charge on any atom is -0.388 e. The van der Waals surface area contributed by atoms with E-state index in [1.54, 1.807) is 18.7 Å². The van der Waals surface area contributed by atoms with Crippen LogP contribution in [-0.4, -0.2) is 33.3 Å². The Kier molecular flexibility index (Phi) is 3.40. The normalized spacial score (nSPS) is 23.6. The first-order valence-electron chi connectivity index (χ1n) is 6.45. The molecule has 1 aromatic heterocycles. The zero-order valence-corrected chi connectivity index (χ0v) is 11.3. The maximum absolute atomic E-state index is 12.0. The number of hydrogen-bond acceptors (Lipinski definition) is 5. The summed E-state index contributed by atoms with van der Waals surface area (Å²) >= 11 is 0. The third-order valence-electron chi connectivity index (χ3n) is 3.52. The molecular formula is C12H20N4O3. The standard InChI is InChI=1S/C12H20N4O3/c1-3-16-9(13)8(10(17)14-11(16)18)15-6-4-5-12(2,19)7-15/h19H,3-7,13H2,1-2H3,(H,14,17,18). The number of nitrogen functional groups attached to an aromatic ring is 1. The second kappa shape index (κ2) is 4.73. The van der Waals surface area contributed by atoms with Crippen molar-refractivity contribution in [2.24, 2.45) is 0 Å². The molecule has 1 aromatic rings. The van der Waals surface area contributed by atoms with Gasteiger partial charge in [0.05, 0.1) is 5.60 Å². The van der Waals surface area contributed by atoms with E-state index >= 15 is 0 Å². The summed E-state index contributed by atoms with van der Waals surface area (Å²) in [6.07, 6.45) is 1.46. The van der Waals surface area contributed by atoms with Crippen molar-refractivity contribution in [3.05, 3.63) is 20.8 Å². The molecule has 7 nitrogen and oxygen atoms in total. The molecule has 0 aliphatic carbocycles. The number of aliphatic hydroxyl groups is 1. The van der Waals surface area contributed by atoms with Crippen molar-refractivity contribution in [2.75, 3.05) is 23.7 Å². The first kappa shape index (κ1) is 13.7. The van der Waals surface area contributed by atoms with E-state index in [1.165, 1.54) is 4.57 Å². The Balaban J connectivity index is 2.51. The molecule has 0 spiro atoms. The Morgan fingerprint density at radius 3 is 2.74 bits per heavy atom. The SMILES string of the molecule is CCn1c(N)c(N2CCCC(C)(O)C2)c(=O)[nH]c1=O. The average molecular weight is 268 g/mol. The second-order valence-corrected chi connectivity index (χ2v) is 5.26. The number of anilines is 2. The van der Waals surface area contributed by atoms with Gasteiger partial charge in [0.25, 0.3) is 5.56 Å². The number of hydrogen-bond donors (Lipinski definition) is 3. The third kappa shape index (κ3) is 2.51. The van der Waals surface area contributed by atoms with E-state index < -0.39 is 16.9 Å². The molecule has 7 heteroatoms. The van der Waals surface area contributed by atoms with Crippen LogP contribution in [0, 0.1) is 0 Å². The molecule has 4 N–H and O–H groups in total. The van der Waals surface area contributed by atoms with Gasteiger partial charge in [0.15, 0.2) is 0 Å². The van der Waals surface area contributed by atoms with Crippen LogP contribution >= 0.6 is 0 Å². The number of β-amino-alcohol motifs (C(OH)–C–C–N with tert-alkyl or cyclic N) is 1. The van der Waals surface area contributed by atoms with Gasteiger partial charge in [-0.1, -0.05) is 0 Å². The molecule has 2 rings (SSSR count). The first-order chi connectivity index (χ1) is 8.85. The largest absolute Gasteiger partial charge is 0.388 e. The number of nitrogens with one attached hydrogen (secondary N) is 1. The lowest BCUT2D eigenvalue weighted by Crippen LogP contribution is -2.49. The van der Waals surface area contributed by atoms with Crippen LogP contribution in [0.2, 0.25) is 0 Å². The average Bonchev–Trinajstić information content (AvgIpc) is 2.27. The Morgan fingerprint density at radius 1 is 1.47 bits per heavy atom. The van der Waals surface area contributed by atoms with Gasteiger partial charge < -0.3 is 15.7 Å². The van der Waals surface area contributed by atoms with Crippen molar-refractivity contribution in [1.82, 2.24) is 9.55 Å². The van der Waals surface area contributed by atoms with Crippen LogP contribution in [0.5, 0.6) is 0 Å². The lowest BCUT2D eigenvalue weighted by Gasteiger charge is -2.38. The quantitative estimate of drug-likeness (QED) is 0.670. The van der Waals surface area contributed by atoms with Gasteiger partial charge in [-0.2, -0.15) is 0 Å². The summed E-state index contributed by atoms with van der Waals surface area (Å²) < 4.78 is 1.32. The van der Waals surface area contributed by atoms with Gasteiger partial charge in [-0.3, -0.25) is 14.3 Å². The van der Waals surface area contributed by atoms with E-state index in [9.17, 15) is 14.7 Å². The molecule has 1 saturated heterocycles. The predicted octanol–water partition coefficient (Wildman–Crippen LogP) is -0.510. The minimum atomic E-state index is -0.843. The molecule has 19 heavy (non-hydrogen) atoms. The van der Waals surface area contributed by atoms with Crippen molar-refractivity contribution in [1.29, 1.82) is 0 Å². The van der Waals surface area contributed by atoms with E-state index in [1.807, 2.05) is 0 Å². The predicted molar refractivity (Wildman–Crippen MR) is 73.5 cm³/mol. The highest BCUT2D eigenvalue weighted by Crippen LogP contribution is 2.26. The number of aromatic amines is 1. The molecule has 0 saturated carbocycles. The fourth-order valence-electron chi connectivity index (χ4n) is 2.61. The number of aromatic nitrogens is 2. The summed E-state index contributed by atoms with van der Waals surface area (Å²) in [6.45, 7) is 4.89. The highest BCUT2D eigenvalue weighted by Gasteiger charge is 2.31. The second-order valence-electron chi connectivity index (χ2n) is 5.26. The van der Waals surface area contributed by atoms with Crippen molar-refractivity contribution >= 4 is 11.5 Å². The molecule has 0 aromatic carbocycles. The summed E-state index contributed by atoms with van der Waals surface area (Å²) in [5.41, 5.74) is 4.37. The maximum Gasteiger partial charge on any atom is 0.330 e. The third-order valence-corrected chi connectivity index (χ3v) is 3.52. The van der Waals surface area contributed by atoms with E-state index in [0.717, 1.165) is 6.42 Å². The van der Waals surface area contributed by atoms with Gasteiger partial charge in [0, 0.05) is 19.6 Å². The van der Waals surface area contributed by atoms with E-state index in [0.29, 0.717) is 26.1 Å². The lowest BCUT2D eigenvalue weighted by atomic mass is 9.95. The molecule has 106 valence electrons. The number of rotatable bonds is 2. The van der Waals surface area contributed by atoms with Gasteiger partial charge in [-0.05, 0) is 26.7 Å². The zero-order valence-electron chi connectivity index (χ0n) is 11.3. The Morgan fingerprint density at radius 2 is 2.16 bits per heavy atom. The summed E-state index contributed by atoms with van der Waals surface area (Å²) in [6, 6.07) is 0. The number of piperidine rings is 1. The highest BCUT2D eigenvalue weighted by molar-refractivity contribution is 5.62. The van der Waals surface area contributed by atoms with Crippen molar-refractivity contribution in [3.63, 3.8) is 0 Å². The summed E-state index contributed by atoms with van der Waals surface area (Å²) in [5, 5.41) is 10.1. The van der Waals surface area contributed by atoms with Gasteiger partial charge in [-0.15, -0.1) is 0 Å². The topological polar surface area (TPSA) is 104 Å². The van der Waals surface area contributed by atoms with E-state index in [-0.39, 0.29) is 11.5 Å². The van der Waals surface area contributed by atoms with Gasteiger partial charge in [0.1, 0.15) is 11.5 Å². The monoisotopic (exact) mass is 268 g/mol. The molecule has 1 aliphatic heterocycles. The van der Waals surface area contributed by atoms with E-state index in [4.69, 9.17) is 5.73 Å². The van der Waals surface area contributed by atoms with Crippen LogP contribution in [-0.2, 0) is 6.54 Å². The summed E-state index contributed by atoms with van der Waals surface area (Å²) in [7, 11) is 0. The number of nitrogens with two attached hydrogens (primary N) is 1. The van der Waals surface area contributed by atoms with E-state index in [2.05, 4.69) is 4.98 Å². The Bertz CT molecular complexity index is 588. The van der Waals surface area contributed by atoms with Gasteiger partial charge in [0.2, 0.25) is 0 Å². The maximum atomic E-state index is 12.0. The Labute approximate surface area is 110 Å².